The molecule has 1 aromatic heterocycles. The zero-order valence-electron chi connectivity index (χ0n) is 6.66. The Bertz CT molecular complexity index is 260. The molecule has 0 spiro atoms. The Balaban J connectivity index is 2.02. The summed E-state index contributed by atoms with van der Waals surface area (Å²) < 4.78 is 6.56. The lowest BCUT2D eigenvalue weighted by Crippen LogP contribution is -2.12. The quantitative estimate of drug-likeness (QED) is 0.672. The maximum Gasteiger partial charge on any atom is 0.564 e. The van der Waals surface area contributed by atoms with Gasteiger partial charge in [0.15, 0.2) is 0 Å². The van der Waals surface area contributed by atoms with Crippen molar-refractivity contribution in [2.75, 3.05) is 0 Å². The monoisotopic (exact) mass is 193 g/mol. The molecule has 2 nitrogen and oxygen atoms in total. The Kier molecular flexibility index (Phi) is 2.73. The lowest BCUT2D eigenvalue weighted by atomic mass is 10.5. The maximum atomic E-state index is 5.73. The molecule has 1 aliphatic rings. The average molecular weight is 194 g/mol. The van der Waals surface area contributed by atoms with E-state index in [2.05, 4.69) is 4.98 Å². The fraction of sp³-hybridized carbons (Fsp3) is 0.375. The second kappa shape index (κ2) is 3.81. The van der Waals surface area contributed by atoms with Crippen LogP contribution in [0.3, 0.4) is 0 Å². The zero-order valence-corrected chi connectivity index (χ0v) is 8.83. The molecular weight excluding hydrogens is 186 g/mol. The highest BCUT2D eigenvalue weighted by Gasteiger charge is 2.23. The van der Waals surface area contributed by atoms with Gasteiger partial charge in [0.25, 0.3) is 0 Å². The molecule has 2 rings (SSSR count). The van der Waals surface area contributed by atoms with E-state index in [9.17, 15) is 0 Å². The second-order valence-corrected chi connectivity index (χ2v) is 4.73. The summed E-state index contributed by atoms with van der Waals surface area (Å²) >= 11 is -0.631. The molecule has 0 radical (unpaired) electrons. The van der Waals surface area contributed by atoms with Crippen LogP contribution >= 0.6 is 9.07 Å². The van der Waals surface area contributed by atoms with Gasteiger partial charge in [-0.2, -0.15) is 0 Å². The molecule has 0 N–H and O–H groups in total. The van der Waals surface area contributed by atoms with Crippen molar-refractivity contribution >= 4 is 32.2 Å². The van der Waals surface area contributed by atoms with E-state index in [-0.39, 0.29) is 0 Å². The molecule has 0 aliphatic heterocycles. The number of pyridine rings is 1. The van der Waals surface area contributed by atoms with E-state index in [1.165, 1.54) is 12.8 Å². The third kappa shape index (κ3) is 2.25. The van der Waals surface area contributed by atoms with Gasteiger partial charge in [-0.05, 0) is 18.9 Å². The van der Waals surface area contributed by atoms with Gasteiger partial charge in [-0.1, -0.05) is 9.89 Å². The molecule has 4 heteroatoms. The SMILES string of the molecule is [Cl][Mg][c]1ccc(OC2CC2)cn1. The first-order valence-electron chi connectivity index (χ1n) is 4.06. The van der Waals surface area contributed by atoms with Gasteiger partial charge in [-0.3, -0.25) is 4.98 Å². The Morgan fingerprint density at radius 1 is 1.50 bits per heavy atom. The van der Waals surface area contributed by atoms with Gasteiger partial charge < -0.3 is 13.8 Å². The van der Waals surface area contributed by atoms with E-state index in [4.69, 9.17) is 13.8 Å². The van der Waals surface area contributed by atoms with E-state index in [1.54, 1.807) is 6.20 Å². The summed E-state index contributed by atoms with van der Waals surface area (Å²) in [6, 6.07) is 3.91. The number of hydrogen-bond donors (Lipinski definition) is 0. The second-order valence-electron chi connectivity index (χ2n) is 2.94. The van der Waals surface area contributed by atoms with E-state index < -0.39 is 19.3 Å². The highest BCUT2D eigenvalue weighted by atomic mass is 35.5. The molecule has 0 atom stereocenters. The summed E-state index contributed by atoms with van der Waals surface area (Å²) in [5.74, 6) is 0.875. The van der Waals surface area contributed by atoms with E-state index in [0.29, 0.717) is 6.10 Å². The van der Waals surface area contributed by atoms with Crippen molar-refractivity contribution in [1.29, 1.82) is 0 Å². The molecule has 1 aliphatic carbocycles. The molecule has 12 heavy (non-hydrogen) atoms. The summed E-state index contributed by atoms with van der Waals surface area (Å²) in [4.78, 5) is 4.18. The highest BCUT2D eigenvalue weighted by molar-refractivity contribution is 7.00. The minimum Gasteiger partial charge on any atom is -0.489 e. The molecule has 0 aromatic carbocycles. The lowest BCUT2D eigenvalue weighted by molar-refractivity contribution is 0.302. The maximum absolute atomic E-state index is 5.73. The van der Waals surface area contributed by atoms with Crippen molar-refractivity contribution in [2.24, 2.45) is 0 Å². The van der Waals surface area contributed by atoms with E-state index in [0.717, 1.165) is 9.57 Å². The van der Waals surface area contributed by atoms with Crippen LogP contribution < -0.4 is 8.56 Å². The minimum atomic E-state index is -0.631. The highest BCUT2D eigenvalue weighted by Crippen LogP contribution is 2.25. The first-order chi connectivity index (χ1) is 5.88. The zero-order chi connectivity index (χ0) is 8.39. The van der Waals surface area contributed by atoms with Crippen molar-refractivity contribution in [1.82, 2.24) is 4.98 Å². The Hall–Kier alpha value is 0.00623. The smallest absolute Gasteiger partial charge is 0.489 e. The van der Waals surface area contributed by atoms with E-state index in [1.807, 2.05) is 12.1 Å². The van der Waals surface area contributed by atoms with Gasteiger partial charge in [0, 0.05) is 0 Å². The minimum absolute atomic E-state index is 0.450. The van der Waals surface area contributed by atoms with Crippen molar-refractivity contribution in [3.8, 4) is 5.75 Å². The van der Waals surface area contributed by atoms with Crippen LogP contribution in [-0.4, -0.2) is 30.4 Å². The van der Waals surface area contributed by atoms with Crippen LogP contribution in [0.2, 0.25) is 0 Å². The van der Waals surface area contributed by atoms with Gasteiger partial charge in [0.05, 0.1) is 12.3 Å². The summed E-state index contributed by atoms with van der Waals surface area (Å²) in [6.07, 6.45) is 4.59. The number of nitrogens with zero attached hydrogens (tertiary/aromatic N) is 1. The summed E-state index contributed by atoms with van der Waals surface area (Å²) in [7, 11) is 5.73. The number of aromatic nitrogens is 1. The molecular formula is C8H8ClMgNO. The molecule has 1 saturated carbocycles. The molecule has 60 valence electrons. The summed E-state index contributed by atoms with van der Waals surface area (Å²) in [5.41, 5.74) is 0. The fourth-order valence-corrected chi connectivity index (χ4v) is 1.78. The largest absolute Gasteiger partial charge is 0.564 e. The Labute approximate surface area is 84.8 Å². The van der Waals surface area contributed by atoms with Crippen molar-refractivity contribution in [3.63, 3.8) is 0 Å². The Morgan fingerprint density at radius 3 is 2.83 bits per heavy atom. The fourth-order valence-electron chi connectivity index (χ4n) is 0.938. The van der Waals surface area contributed by atoms with Gasteiger partial charge in [0.1, 0.15) is 5.75 Å². The average Bonchev–Trinajstić information content (AvgIpc) is 2.90. The van der Waals surface area contributed by atoms with Gasteiger partial charge >= 0.3 is 19.3 Å². The number of hydrogen-bond acceptors (Lipinski definition) is 2. The third-order valence-corrected chi connectivity index (χ3v) is 3.28. The van der Waals surface area contributed by atoms with Gasteiger partial charge in [-0.15, -0.1) is 0 Å². The predicted octanol–water partition coefficient (Wildman–Crippen LogP) is 1.11. The van der Waals surface area contributed by atoms with Crippen LogP contribution in [0.25, 0.3) is 0 Å². The Morgan fingerprint density at radius 2 is 2.33 bits per heavy atom. The van der Waals surface area contributed by atoms with Crippen LogP contribution in [0.5, 0.6) is 5.75 Å². The molecule has 0 amide bonds. The number of rotatable bonds is 3. The van der Waals surface area contributed by atoms with Crippen molar-refractivity contribution in [2.45, 2.75) is 18.9 Å². The normalized spacial score (nSPS) is 15.4. The van der Waals surface area contributed by atoms with Gasteiger partial charge in [-0.25, -0.2) is 0 Å². The standard InChI is InChI=1S/C8H8NO.ClH.Mg/c1-2-8(6-9-5-1)10-7-3-4-7;;/h1-2,6-7H,3-4H2;1H;/q;;+1/p-1. The predicted molar refractivity (Wildman–Crippen MR) is 49.1 cm³/mol. The summed E-state index contributed by atoms with van der Waals surface area (Å²) in [6.45, 7) is 0. The number of halogens is 1. The molecule has 0 bridgehead atoms. The summed E-state index contributed by atoms with van der Waals surface area (Å²) in [5, 5.41) is 0. The van der Waals surface area contributed by atoms with Crippen LogP contribution in [0.1, 0.15) is 12.8 Å². The van der Waals surface area contributed by atoms with Gasteiger partial charge in [0.2, 0.25) is 0 Å². The first-order valence-corrected chi connectivity index (χ1v) is 6.90. The first kappa shape index (κ1) is 8.60. The van der Waals surface area contributed by atoms with Crippen molar-refractivity contribution in [3.05, 3.63) is 18.3 Å². The molecule has 0 saturated heterocycles. The lowest BCUT2D eigenvalue weighted by Gasteiger charge is -2.03. The molecule has 1 fully saturated rings. The van der Waals surface area contributed by atoms with E-state index >= 15 is 0 Å². The third-order valence-electron chi connectivity index (χ3n) is 1.76. The van der Waals surface area contributed by atoms with Crippen molar-refractivity contribution < 1.29 is 4.74 Å². The topological polar surface area (TPSA) is 22.1 Å². The molecule has 1 heterocycles. The van der Waals surface area contributed by atoms with Crippen LogP contribution in [0, 0.1) is 0 Å². The van der Waals surface area contributed by atoms with Crippen LogP contribution in [0.15, 0.2) is 18.3 Å². The molecule has 1 aromatic rings. The number of ether oxygens (including phenoxy) is 1. The van der Waals surface area contributed by atoms with Crippen LogP contribution in [0.4, 0.5) is 0 Å². The van der Waals surface area contributed by atoms with Crippen LogP contribution in [-0.2, 0) is 0 Å². The molecule has 0 unspecified atom stereocenters.